The maximum atomic E-state index is 13.1. The van der Waals surface area contributed by atoms with Gasteiger partial charge in [0.2, 0.25) is 0 Å². The first-order chi connectivity index (χ1) is 16.8. The molecule has 4 heteroatoms. The molecule has 0 fully saturated rings. The number of benzene rings is 3. The SMILES string of the molecule is COc1ccc(C2=C(c3cccc(-c4cc(C(C)C)cc5cccnc45)c3)C(C)(C)OC2=O)cc1. The van der Waals surface area contributed by atoms with Crippen molar-refractivity contribution in [2.24, 2.45) is 0 Å². The largest absolute Gasteiger partial charge is 0.497 e. The van der Waals surface area contributed by atoms with Gasteiger partial charge in [0.25, 0.3) is 0 Å². The summed E-state index contributed by atoms with van der Waals surface area (Å²) in [7, 11) is 1.63. The minimum absolute atomic E-state index is 0.311. The summed E-state index contributed by atoms with van der Waals surface area (Å²) in [5.41, 5.74) is 6.87. The molecule has 4 aromatic rings. The molecule has 35 heavy (non-hydrogen) atoms. The van der Waals surface area contributed by atoms with Crippen LogP contribution in [0.1, 0.15) is 50.3 Å². The van der Waals surface area contributed by atoms with E-state index in [-0.39, 0.29) is 5.97 Å². The van der Waals surface area contributed by atoms with Gasteiger partial charge in [0.15, 0.2) is 0 Å². The number of aromatic nitrogens is 1. The van der Waals surface area contributed by atoms with Gasteiger partial charge in [-0.1, -0.05) is 50.2 Å². The fraction of sp³-hybridized carbons (Fsp3) is 0.226. The van der Waals surface area contributed by atoms with Crippen LogP contribution in [0.4, 0.5) is 0 Å². The summed E-state index contributed by atoms with van der Waals surface area (Å²) in [6.07, 6.45) is 1.83. The Kier molecular flexibility index (Phi) is 5.68. The first-order valence-corrected chi connectivity index (χ1v) is 11.9. The van der Waals surface area contributed by atoms with Crippen LogP contribution in [0.15, 0.2) is 79.0 Å². The molecule has 0 saturated heterocycles. The summed E-state index contributed by atoms with van der Waals surface area (Å²) in [4.78, 5) is 17.8. The Morgan fingerprint density at radius 3 is 2.34 bits per heavy atom. The van der Waals surface area contributed by atoms with Gasteiger partial charge in [-0.3, -0.25) is 4.98 Å². The number of rotatable bonds is 5. The third-order valence-electron chi connectivity index (χ3n) is 6.64. The lowest BCUT2D eigenvalue weighted by Crippen LogP contribution is -2.22. The second-order valence-corrected chi connectivity index (χ2v) is 9.76. The number of carbonyl (C=O) groups excluding carboxylic acids is 1. The van der Waals surface area contributed by atoms with E-state index >= 15 is 0 Å². The van der Waals surface area contributed by atoms with Gasteiger partial charge in [0.05, 0.1) is 18.2 Å². The van der Waals surface area contributed by atoms with Crippen LogP contribution < -0.4 is 4.74 Å². The van der Waals surface area contributed by atoms with Gasteiger partial charge in [0, 0.05) is 22.7 Å². The predicted octanol–water partition coefficient (Wildman–Crippen LogP) is 7.28. The second kappa shape index (κ2) is 8.70. The molecule has 0 amide bonds. The van der Waals surface area contributed by atoms with Crippen molar-refractivity contribution >= 4 is 28.0 Å². The molecule has 1 aliphatic rings. The van der Waals surface area contributed by atoms with Gasteiger partial charge in [-0.15, -0.1) is 0 Å². The Morgan fingerprint density at radius 2 is 1.63 bits per heavy atom. The van der Waals surface area contributed by atoms with Crippen LogP contribution in [0, 0.1) is 0 Å². The molecule has 0 radical (unpaired) electrons. The normalized spacial score (nSPS) is 15.1. The van der Waals surface area contributed by atoms with Gasteiger partial charge in [-0.2, -0.15) is 0 Å². The van der Waals surface area contributed by atoms with E-state index in [4.69, 9.17) is 14.5 Å². The van der Waals surface area contributed by atoms with Gasteiger partial charge < -0.3 is 9.47 Å². The van der Waals surface area contributed by atoms with Crippen LogP contribution in [0.25, 0.3) is 33.2 Å². The topological polar surface area (TPSA) is 48.4 Å². The van der Waals surface area contributed by atoms with Crippen molar-refractivity contribution in [1.29, 1.82) is 0 Å². The fourth-order valence-electron chi connectivity index (χ4n) is 4.86. The van der Waals surface area contributed by atoms with Crippen LogP contribution in [-0.4, -0.2) is 23.7 Å². The van der Waals surface area contributed by atoms with Gasteiger partial charge >= 0.3 is 5.97 Å². The fourth-order valence-corrected chi connectivity index (χ4v) is 4.86. The molecule has 1 aliphatic heterocycles. The predicted molar refractivity (Wildman–Crippen MR) is 141 cm³/mol. The summed E-state index contributed by atoms with van der Waals surface area (Å²) in [6.45, 7) is 8.29. The number of methoxy groups -OCH3 is 1. The number of pyridine rings is 1. The number of carbonyl (C=O) groups is 1. The van der Waals surface area contributed by atoms with E-state index in [9.17, 15) is 4.79 Å². The third-order valence-corrected chi connectivity index (χ3v) is 6.64. The highest BCUT2D eigenvalue weighted by molar-refractivity contribution is 6.28. The van der Waals surface area contributed by atoms with E-state index in [1.165, 1.54) is 5.56 Å². The average molecular weight is 464 g/mol. The Labute approximate surface area is 206 Å². The molecule has 176 valence electrons. The van der Waals surface area contributed by atoms with Crippen LogP contribution in [0.3, 0.4) is 0 Å². The van der Waals surface area contributed by atoms with Crippen molar-refractivity contribution < 1.29 is 14.3 Å². The molecule has 0 unspecified atom stereocenters. The number of nitrogens with zero attached hydrogens (tertiary/aromatic N) is 1. The Hall–Kier alpha value is -3.92. The zero-order chi connectivity index (χ0) is 24.7. The smallest absolute Gasteiger partial charge is 0.340 e. The van der Waals surface area contributed by atoms with Gasteiger partial charge in [-0.25, -0.2) is 4.79 Å². The number of ether oxygens (including phenoxy) is 2. The maximum absolute atomic E-state index is 13.1. The van der Waals surface area contributed by atoms with Crippen molar-refractivity contribution in [2.45, 2.75) is 39.2 Å². The molecule has 0 N–H and O–H groups in total. The number of fused-ring (bicyclic) bond motifs is 1. The lowest BCUT2D eigenvalue weighted by Gasteiger charge is -2.22. The van der Waals surface area contributed by atoms with E-state index in [1.807, 2.05) is 62.5 Å². The highest BCUT2D eigenvalue weighted by Crippen LogP contribution is 2.45. The molecular weight excluding hydrogens is 434 g/mol. The summed E-state index contributed by atoms with van der Waals surface area (Å²) >= 11 is 0. The highest BCUT2D eigenvalue weighted by atomic mass is 16.6. The van der Waals surface area contributed by atoms with Crippen molar-refractivity contribution in [3.63, 3.8) is 0 Å². The zero-order valence-electron chi connectivity index (χ0n) is 20.8. The summed E-state index contributed by atoms with van der Waals surface area (Å²) in [6, 6.07) is 24.4. The molecule has 0 atom stereocenters. The maximum Gasteiger partial charge on any atom is 0.340 e. The molecule has 5 rings (SSSR count). The molecule has 0 aliphatic carbocycles. The number of cyclic esters (lactones) is 1. The molecule has 1 aromatic heterocycles. The second-order valence-electron chi connectivity index (χ2n) is 9.76. The van der Waals surface area contributed by atoms with E-state index in [2.05, 4.69) is 44.2 Å². The van der Waals surface area contributed by atoms with Crippen molar-refractivity contribution in [3.8, 4) is 16.9 Å². The minimum atomic E-state index is -0.759. The number of hydrogen-bond donors (Lipinski definition) is 0. The van der Waals surface area contributed by atoms with Crippen molar-refractivity contribution in [3.05, 3.63) is 95.7 Å². The number of esters is 1. The van der Waals surface area contributed by atoms with Crippen LogP contribution in [0.2, 0.25) is 0 Å². The first kappa shape index (κ1) is 22.9. The first-order valence-electron chi connectivity index (χ1n) is 11.9. The Balaban J connectivity index is 1.71. The molecule has 4 nitrogen and oxygen atoms in total. The van der Waals surface area contributed by atoms with E-state index in [0.717, 1.165) is 44.5 Å². The summed E-state index contributed by atoms with van der Waals surface area (Å²) in [5, 5.41) is 1.12. The Morgan fingerprint density at radius 1 is 0.886 bits per heavy atom. The van der Waals surface area contributed by atoms with E-state index in [1.54, 1.807) is 7.11 Å². The minimum Gasteiger partial charge on any atom is -0.497 e. The standard InChI is InChI=1S/C31H29NO3/c1-19(2)24-17-23-10-7-15-32-29(23)26(18-24)21-8-6-9-22(16-21)28-27(30(33)35-31(28,3)4)20-11-13-25(34-5)14-12-20/h6-19H,1-5H3. The summed E-state index contributed by atoms with van der Waals surface area (Å²) in [5.74, 6) is 0.827. The zero-order valence-corrected chi connectivity index (χ0v) is 20.8. The molecular formula is C31H29NO3. The molecule has 0 saturated carbocycles. The lowest BCUT2D eigenvalue weighted by molar-refractivity contribution is -0.141. The third kappa shape index (κ3) is 4.10. The molecule has 0 spiro atoms. The quantitative estimate of drug-likeness (QED) is 0.292. The highest BCUT2D eigenvalue weighted by Gasteiger charge is 2.41. The van der Waals surface area contributed by atoms with Crippen molar-refractivity contribution in [2.75, 3.05) is 7.11 Å². The van der Waals surface area contributed by atoms with Gasteiger partial charge in [0.1, 0.15) is 11.4 Å². The Bertz CT molecular complexity index is 1460. The van der Waals surface area contributed by atoms with E-state index in [0.29, 0.717) is 11.5 Å². The van der Waals surface area contributed by atoms with Crippen LogP contribution in [-0.2, 0) is 9.53 Å². The monoisotopic (exact) mass is 463 g/mol. The summed E-state index contributed by atoms with van der Waals surface area (Å²) < 4.78 is 11.1. The lowest BCUT2D eigenvalue weighted by atomic mass is 9.85. The van der Waals surface area contributed by atoms with Crippen LogP contribution in [0.5, 0.6) is 5.75 Å². The molecule has 3 aromatic carbocycles. The van der Waals surface area contributed by atoms with E-state index < -0.39 is 5.60 Å². The van der Waals surface area contributed by atoms with Gasteiger partial charge in [-0.05, 0) is 78.4 Å². The van der Waals surface area contributed by atoms with Crippen molar-refractivity contribution in [1.82, 2.24) is 4.98 Å². The molecule has 2 heterocycles. The number of hydrogen-bond acceptors (Lipinski definition) is 4. The average Bonchev–Trinajstić information content (AvgIpc) is 3.11. The molecule has 0 bridgehead atoms. The van der Waals surface area contributed by atoms with Crippen LogP contribution >= 0.6 is 0 Å².